The van der Waals surface area contributed by atoms with Crippen molar-refractivity contribution in [2.45, 2.75) is 77.7 Å². The number of likely N-dealkylation sites (tertiary alicyclic amines) is 1. The lowest BCUT2D eigenvalue weighted by atomic mass is 9.81. The second kappa shape index (κ2) is 9.10. The van der Waals surface area contributed by atoms with Crippen LogP contribution in [0.3, 0.4) is 0 Å². The van der Waals surface area contributed by atoms with Crippen LogP contribution in [-0.2, 0) is 32.0 Å². The van der Waals surface area contributed by atoms with Crippen molar-refractivity contribution in [3.8, 4) is 0 Å². The standard InChI is InChI=1S/C23H30N2O5S/c1-13(2)30-23(29)19-16-9-5-6-10-17(16)31-20(19)24-18(26)11-12-25-21(27)14-7-3-4-8-15(14)22(25)28/h13-15H,3-12H2,1-2H3,(H,24,26)/t14-,15+. The van der Waals surface area contributed by atoms with Gasteiger partial charge in [0.25, 0.3) is 0 Å². The number of hydrogen-bond acceptors (Lipinski definition) is 6. The fraction of sp³-hybridized carbons (Fsp3) is 0.652. The van der Waals surface area contributed by atoms with Crippen molar-refractivity contribution in [3.05, 3.63) is 16.0 Å². The Morgan fingerprint density at radius 2 is 1.71 bits per heavy atom. The zero-order chi connectivity index (χ0) is 22.1. The lowest BCUT2D eigenvalue weighted by molar-refractivity contribution is -0.140. The van der Waals surface area contributed by atoms with E-state index in [1.54, 1.807) is 13.8 Å². The van der Waals surface area contributed by atoms with Crippen molar-refractivity contribution in [2.75, 3.05) is 11.9 Å². The highest BCUT2D eigenvalue weighted by molar-refractivity contribution is 7.17. The Bertz CT molecular complexity index is 882. The van der Waals surface area contributed by atoms with E-state index in [4.69, 9.17) is 4.74 Å². The minimum Gasteiger partial charge on any atom is -0.459 e. The average molecular weight is 447 g/mol. The number of esters is 1. The molecule has 0 radical (unpaired) electrons. The van der Waals surface area contributed by atoms with Gasteiger partial charge in [-0.3, -0.25) is 19.3 Å². The first kappa shape index (κ1) is 22.0. The second-order valence-corrected chi connectivity index (χ2v) is 10.1. The van der Waals surface area contributed by atoms with Crippen molar-refractivity contribution in [1.29, 1.82) is 0 Å². The van der Waals surface area contributed by atoms with Gasteiger partial charge in [-0.15, -0.1) is 11.3 Å². The van der Waals surface area contributed by atoms with Crippen molar-refractivity contribution in [3.63, 3.8) is 0 Å². The molecule has 31 heavy (non-hydrogen) atoms. The van der Waals surface area contributed by atoms with Gasteiger partial charge >= 0.3 is 5.97 Å². The van der Waals surface area contributed by atoms with Gasteiger partial charge in [-0.1, -0.05) is 12.8 Å². The van der Waals surface area contributed by atoms with Gasteiger partial charge in [0.05, 0.1) is 23.5 Å². The third kappa shape index (κ3) is 4.40. The van der Waals surface area contributed by atoms with Crippen LogP contribution in [0, 0.1) is 11.8 Å². The summed E-state index contributed by atoms with van der Waals surface area (Å²) in [5.41, 5.74) is 1.47. The molecule has 0 aromatic carbocycles. The van der Waals surface area contributed by atoms with Crippen LogP contribution in [0.1, 0.15) is 79.6 Å². The van der Waals surface area contributed by atoms with Crippen LogP contribution < -0.4 is 5.32 Å². The molecule has 3 amide bonds. The zero-order valence-corrected chi connectivity index (χ0v) is 19.0. The molecule has 1 aromatic heterocycles. The van der Waals surface area contributed by atoms with Crippen molar-refractivity contribution < 1.29 is 23.9 Å². The van der Waals surface area contributed by atoms with E-state index in [-0.39, 0.29) is 48.6 Å². The first-order valence-corrected chi connectivity index (χ1v) is 12.2. The SMILES string of the molecule is CC(C)OC(=O)c1c(NC(=O)CCN2C(=O)[C@H]3CCCC[C@H]3C2=O)sc2c1CCCC2. The van der Waals surface area contributed by atoms with Crippen molar-refractivity contribution >= 4 is 40.0 Å². The van der Waals surface area contributed by atoms with Crippen LogP contribution in [-0.4, -0.2) is 41.2 Å². The number of anilines is 1. The Labute approximate surface area is 186 Å². The van der Waals surface area contributed by atoms with Crippen molar-refractivity contribution in [2.24, 2.45) is 11.8 Å². The summed E-state index contributed by atoms with van der Waals surface area (Å²) in [5.74, 6) is -1.37. The van der Waals surface area contributed by atoms with Gasteiger partial charge < -0.3 is 10.1 Å². The monoisotopic (exact) mass is 446 g/mol. The predicted octanol–water partition coefficient (Wildman–Crippen LogP) is 3.70. The Balaban J connectivity index is 1.44. The molecule has 2 atom stereocenters. The Morgan fingerprint density at radius 1 is 1.06 bits per heavy atom. The quantitative estimate of drug-likeness (QED) is 0.531. The number of fused-ring (bicyclic) bond motifs is 2. The maximum Gasteiger partial charge on any atom is 0.341 e. The number of nitrogens with one attached hydrogen (secondary N) is 1. The van der Waals surface area contributed by atoms with Gasteiger partial charge in [0.15, 0.2) is 0 Å². The lowest BCUT2D eigenvalue weighted by Gasteiger charge is -2.19. The summed E-state index contributed by atoms with van der Waals surface area (Å²) in [6.07, 6.45) is 7.06. The van der Waals surface area contributed by atoms with E-state index in [1.807, 2.05) is 0 Å². The van der Waals surface area contributed by atoms with Crippen LogP contribution in [0.25, 0.3) is 0 Å². The molecule has 2 heterocycles. The zero-order valence-electron chi connectivity index (χ0n) is 18.2. The van der Waals surface area contributed by atoms with E-state index in [2.05, 4.69) is 5.32 Å². The number of ether oxygens (including phenoxy) is 1. The Hall–Kier alpha value is -2.22. The lowest BCUT2D eigenvalue weighted by Crippen LogP contribution is -2.34. The summed E-state index contributed by atoms with van der Waals surface area (Å²) in [5, 5.41) is 3.39. The molecule has 0 bridgehead atoms. The van der Waals surface area contributed by atoms with Crippen molar-refractivity contribution in [1.82, 2.24) is 4.90 Å². The molecule has 3 aliphatic rings. The van der Waals surface area contributed by atoms with Gasteiger partial charge in [0.1, 0.15) is 5.00 Å². The summed E-state index contributed by atoms with van der Waals surface area (Å²) in [6.45, 7) is 3.70. The predicted molar refractivity (Wildman–Crippen MR) is 117 cm³/mol. The number of hydrogen-bond donors (Lipinski definition) is 1. The third-order valence-corrected chi connectivity index (χ3v) is 7.67. The fourth-order valence-corrected chi connectivity index (χ4v) is 6.29. The fourth-order valence-electron chi connectivity index (χ4n) is 5.00. The van der Waals surface area contributed by atoms with Gasteiger partial charge in [-0.05, 0) is 57.9 Å². The maximum atomic E-state index is 12.7. The number of rotatable bonds is 6. The number of amides is 3. The van der Waals surface area contributed by atoms with E-state index in [1.165, 1.54) is 16.2 Å². The van der Waals surface area contributed by atoms with E-state index in [0.29, 0.717) is 10.6 Å². The molecule has 7 nitrogen and oxygen atoms in total. The van der Waals surface area contributed by atoms with Gasteiger partial charge in [-0.25, -0.2) is 4.79 Å². The molecular weight excluding hydrogens is 416 g/mol. The van der Waals surface area contributed by atoms with Crippen LogP contribution in [0.15, 0.2) is 0 Å². The van der Waals surface area contributed by atoms with Gasteiger partial charge in [-0.2, -0.15) is 0 Å². The molecule has 1 aliphatic heterocycles. The Kier molecular flexibility index (Phi) is 6.46. The number of carbonyl (C=O) groups is 4. The molecule has 0 spiro atoms. The van der Waals surface area contributed by atoms with E-state index >= 15 is 0 Å². The highest BCUT2D eigenvalue weighted by atomic mass is 32.1. The molecule has 4 rings (SSSR count). The molecule has 1 saturated carbocycles. The molecular formula is C23H30N2O5S. The highest BCUT2D eigenvalue weighted by Gasteiger charge is 2.47. The molecule has 2 fully saturated rings. The van der Waals surface area contributed by atoms with Crippen LogP contribution in [0.2, 0.25) is 0 Å². The number of nitrogens with zero attached hydrogens (tertiary/aromatic N) is 1. The summed E-state index contributed by atoms with van der Waals surface area (Å²) >= 11 is 1.44. The molecule has 1 saturated heterocycles. The number of thiophene rings is 1. The summed E-state index contributed by atoms with van der Waals surface area (Å²) < 4.78 is 5.43. The maximum absolute atomic E-state index is 12.7. The molecule has 8 heteroatoms. The minimum atomic E-state index is -0.404. The first-order valence-electron chi connectivity index (χ1n) is 11.4. The summed E-state index contributed by atoms with van der Waals surface area (Å²) in [7, 11) is 0. The third-order valence-electron chi connectivity index (χ3n) is 6.47. The van der Waals surface area contributed by atoms with Crippen LogP contribution >= 0.6 is 11.3 Å². The number of aryl methyl sites for hydroxylation is 1. The highest BCUT2D eigenvalue weighted by Crippen LogP contribution is 2.40. The number of imide groups is 1. The molecule has 168 valence electrons. The topological polar surface area (TPSA) is 92.8 Å². The average Bonchev–Trinajstić information content (AvgIpc) is 3.21. The number of carbonyl (C=O) groups excluding carboxylic acids is 4. The summed E-state index contributed by atoms with van der Waals surface area (Å²) in [6, 6.07) is 0. The van der Waals surface area contributed by atoms with Gasteiger partial charge in [0, 0.05) is 17.8 Å². The van der Waals surface area contributed by atoms with Crippen LogP contribution in [0.5, 0.6) is 0 Å². The smallest absolute Gasteiger partial charge is 0.341 e. The first-order chi connectivity index (χ1) is 14.9. The van der Waals surface area contributed by atoms with Crippen LogP contribution in [0.4, 0.5) is 5.00 Å². The molecule has 1 N–H and O–H groups in total. The normalized spacial score (nSPS) is 23.0. The molecule has 2 aliphatic carbocycles. The second-order valence-electron chi connectivity index (χ2n) is 8.99. The Morgan fingerprint density at radius 3 is 2.35 bits per heavy atom. The van der Waals surface area contributed by atoms with E-state index in [9.17, 15) is 19.2 Å². The summed E-state index contributed by atoms with van der Waals surface area (Å²) in [4.78, 5) is 53.1. The molecule has 1 aromatic rings. The van der Waals surface area contributed by atoms with Gasteiger partial charge in [0.2, 0.25) is 17.7 Å². The minimum absolute atomic E-state index is 0.0259. The van der Waals surface area contributed by atoms with E-state index < -0.39 is 5.97 Å². The molecule has 0 unspecified atom stereocenters. The largest absolute Gasteiger partial charge is 0.459 e. The van der Waals surface area contributed by atoms with E-state index in [0.717, 1.165) is 61.8 Å².